The van der Waals surface area contributed by atoms with E-state index in [0.717, 1.165) is 11.1 Å². The quantitative estimate of drug-likeness (QED) is 0.237. The minimum atomic E-state index is -2.90. The third-order valence-electron chi connectivity index (χ3n) is 6.87. The van der Waals surface area contributed by atoms with Gasteiger partial charge in [0.05, 0.1) is 12.3 Å². The van der Waals surface area contributed by atoms with E-state index in [1.54, 1.807) is 49.5 Å². The van der Waals surface area contributed by atoms with Crippen molar-refractivity contribution in [2.24, 2.45) is 5.10 Å². The van der Waals surface area contributed by atoms with Gasteiger partial charge in [-0.2, -0.15) is 13.9 Å². The van der Waals surface area contributed by atoms with Gasteiger partial charge < -0.3 is 18.9 Å². The summed E-state index contributed by atoms with van der Waals surface area (Å²) in [6, 6.07) is 23.9. The van der Waals surface area contributed by atoms with Gasteiger partial charge >= 0.3 is 12.6 Å². The zero-order valence-corrected chi connectivity index (χ0v) is 22.2. The Morgan fingerprint density at radius 1 is 0.905 bits per heavy atom. The first kappa shape index (κ1) is 27.0. The summed E-state index contributed by atoms with van der Waals surface area (Å²) >= 11 is 0. The Bertz CT molecular complexity index is 1610. The molecule has 2 aliphatic rings. The molecule has 6 rings (SSSR count). The molecule has 1 unspecified atom stereocenters. The van der Waals surface area contributed by atoms with Crippen LogP contribution >= 0.6 is 0 Å². The lowest BCUT2D eigenvalue weighted by atomic mass is 9.90. The number of fused-ring (bicyclic) bond motifs is 1. The fourth-order valence-electron chi connectivity index (χ4n) is 4.74. The van der Waals surface area contributed by atoms with Crippen molar-refractivity contribution in [2.75, 3.05) is 25.3 Å². The minimum absolute atomic E-state index is 0.0285. The summed E-state index contributed by atoms with van der Waals surface area (Å²) in [5.41, 5.74) is 2.83. The Balaban J connectivity index is 1.19. The van der Waals surface area contributed by atoms with E-state index in [9.17, 15) is 18.0 Å². The van der Waals surface area contributed by atoms with Crippen LogP contribution in [0.2, 0.25) is 0 Å². The van der Waals surface area contributed by atoms with E-state index in [4.69, 9.17) is 19.3 Å². The summed E-state index contributed by atoms with van der Waals surface area (Å²) < 4.78 is 59.5. The number of hydrogen-bond acceptors (Lipinski definition) is 6. The summed E-state index contributed by atoms with van der Waals surface area (Å²) in [5, 5.41) is 6.09. The maximum atomic E-state index is 13.7. The molecule has 11 heteroatoms. The van der Waals surface area contributed by atoms with Crippen LogP contribution in [0.15, 0.2) is 96.1 Å². The number of halogens is 3. The summed E-state index contributed by atoms with van der Waals surface area (Å²) in [7, 11) is 1.64. The molecule has 1 atom stereocenters. The van der Waals surface area contributed by atoms with Crippen molar-refractivity contribution < 1.29 is 36.9 Å². The number of benzene rings is 4. The smallest absolute Gasteiger partial charge is 0.387 e. The molecule has 2 aliphatic heterocycles. The van der Waals surface area contributed by atoms with Gasteiger partial charge in [-0.1, -0.05) is 12.1 Å². The molecule has 42 heavy (non-hydrogen) atoms. The monoisotopic (exact) mass is 575 g/mol. The van der Waals surface area contributed by atoms with Gasteiger partial charge in [-0.3, -0.25) is 4.90 Å². The fourth-order valence-corrected chi connectivity index (χ4v) is 4.74. The molecular formula is C31H24F3N3O5. The van der Waals surface area contributed by atoms with Crippen LogP contribution in [0.1, 0.15) is 17.0 Å². The Kier molecular flexibility index (Phi) is 7.30. The number of carbonyl (C=O) groups excluding carboxylic acids is 1. The van der Waals surface area contributed by atoms with E-state index >= 15 is 0 Å². The number of rotatable bonds is 7. The Hall–Kier alpha value is -5.19. The maximum Gasteiger partial charge on any atom is 0.387 e. The van der Waals surface area contributed by atoms with Crippen molar-refractivity contribution in [3.8, 4) is 28.7 Å². The lowest BCUT2D eigenvalue weighted by Crippen LogP contribution is -2.37. The highest BCUT2D eigenvalue weighted by Crippen LogP contribution is 2.37. The lowest BCUT2D eigenvalue weighted by molar-refractivity contribution is -0.0498. The number of anilines is 1. The van der Waals surface area contributed by atoms with Crippen LogP contribution in [0.3, 0.4) is 0 Å². The van der Waals surface area contributed by atoms with Crippen molar-refractivity contribution in [3.63, 3.8) is 0 Å². The molecule has 0 radical (unpaired) electrons. The van der Waals surface area contributed by atoms with Gasteiger partial charge in [0.1, 0.15) is 23.1 Å². The molecule has 8 nitrogen and oxygen atoms in total. The van der Waals surface area contributed by atoms with Crippen LogP contribution in [0, 0.1) is 5.82 Å². The normalized spacial score (nSPS) is 15.5. The van der Waals surface area contributed by atoms with E-state index < -0.39 is 6.61 Å². The molecule has 0 bridgehead atoms. The molecule has 2 heterocycles. The zero-order valence-electron chi connectivity index (χ0n) is 22.2. The molecular weight excluding hydrogens is 551 g/mol. The van der Waals surface area contributed by atoms with E-state index in [-0.39, 0.29) is 36.9 Å². The Labute approximate surface area is 239 Å². The SMILES string of the molecule is CN(C(=O)N1CC(c2ccc(F)cc2)C(c2ccc3c(c2)OCO3)=N1)c1ccc(Oc2ccc(OC(F)F)cc2)cc1. The molecule has 0 spiro atoms. The fraction of sp³-hybridized carbons (Fsp3) is 0.161. The second kappa shape index (κ2) is 11.4. The van der Waals surface area contributed by atoms with E-state index in [1.165, 1.54) is 46.3 Å². The Morgan fingerprint density at radius 3 is 2.24 bits per heavy atom. The van der Waals surface area contributed by atoms with Crippen LogP contribution in [-0.2, 0) is 0 Å². The largest absolute Gasteiger partial charge is 0.457 e. The predicted octanol–water partition coefficient (Wildman–Crippen LogP) is 7.01. The number of ether oxygens (including phenoxy) is 4. The van der Waals surface area contributed by atoms with Crippen molar-refractivity contribution in [1.82, 2.24) is 5.01 Å². The summed E-state index contributed by atoms with van der Waals surface area (Å²) in [4.78, 5) is 15.0. The standard InChI is InChI=1S/C31H24F3N3O5/c1-36(22-7-9-23(10-8-22)41-24-11-13-25(14-12-24)42-30(33)34)31(38)37-17-26(19-2-5-21(32)6-3-19)29(35-37)20-4-15-27-28(16-20)40-18-39-27/h2-16,26,30H,17-18H2,1H3. The summed E-state index contributed by atoms with van der Waals surface area (Å²) in [6.45, 7) is -2.52. The van der Waals surface area contributed by atoms with Gasteiger partial charge in [-0.25, -0.2) is 14.2 Å². The molecule has 0 fully saturated rings. The first-order chi connectivity index (χ1) is 20.3. The average molecular weight is 576 g/mol. The number of amides is 2. The highest BCUT2D eigenvalue weighted by molar-refractivity contribution is 6.08. The molecule has 0 N–H and O–H groups in total. The first-order valence-corrected chi connectivity index (χ1v) is 13.0. The van der Waals surface area contributed by atoms with Crippen LogP contribution in [0.25, 0.3) is 0 Å². The number of carbonyl (C=O) groups is 1. The van der Waals surface area contributed by atoms with Crippen molar-refractivity contribution >= 4 is 17.4 Å². The molecule has 0 aromatic heterocycles. The number of hydrazone groups is 1. The molecule has 0 saturated carbocycles. The van der Waals surface area contributed by atoms with Gasteiger partial charge in [0, 0.05) is 24.2 Å². The third-order valence-corrected chi connectivity index (χ3v) is 6.87. The number of nitrogens with zero attached hydrogens (tertiary/aromatic N) is 3. The zero-order chi connectivity index (χ0) is 29.2. The van der Waals surface area contributed by atoms with Gasteiger partial charge in [-0.05, 0) is 84.4 Å². The summed E-state index contributed by atoms with van der Waals surface area (Å²) in [6.07, 6.45) is 0. The van der Waals surface area contributed by atoms with Gasteiger partial charge in [0.15, 0.2) is 11.5 Å². The molecule has 2 amide bonds. The van der Waals surface area contributed by atoms with Crippen LogP contribution in [-0.4, -0.2) is 43.7 Å². The highest BCUT2D eigenvalue weighted by Gasteiger charge is 2.34. The second-order valence-electron chi connectivity index (χ2n) is 9.53. The van der Waals surface area contributed by atoms with Crippen molar-refractivity contribution in [1.29, 1.82) is 0 Å². The molecule has 0 saturated heterocycles. The van der Waals surface area contributed by atoms with E-state index in [2.05, 4.69) is 4.74 Å². The molecule has 4 aromatic rings. The molecule has 214 valence electrons. The van der Waals surface area contributed by atoms with Gasteiger partial charge in [0.2, 0.25) is 6.79 Å². The van der Waals surface area contributed by atoms with E-state index in [1.807, 2.05) is 12.1 Å². The topological polar surface area (TPSA) is 72.8 Å². The minimum Gasteiger partial charge on any atom is -0.457 e. The maximum absolute atomic E-state index is 13.7. The number of hydrogen-bond donors (Lipinski definition) is 0. The molecule has 4 aromatic carbocycles. The van der Waals surface area contributed by atoms with E-state index in [0.29, 0.717) is 34.4 Å². The van der Waals surface area contributed by atoms with Crippen molar-refractivity contribution in [2.45, 2.75) is 12.5 Å². The van der Waals surface area contributed by atoms with Crippen LogP contribution in [0.4, 0.5) is 23.7 Å². The van der Waals surface area contributed by atoms with Crippen LogP contribution < -0.4 is 23.8 Å². The molecule has 0 aliphatic carbocycles. The number of urea groups is 1. The third kappa shape index (κ3) is 5.67. The lowest BCUT2D eigenvalue weighted by Gasteiger charge is -2.23. The van der Waals surface area contributed by atoms with Gasteiger partial charge in [0.25, 0.3) is 0 Å². The Morgan fingerprint density at radius 2 is 1.55 bits per heavy atom. The predicted molar refractivity (Wildman–Crippen MR) is 148 cm³/mol. The van der Waals surface area contributed by atoms with Gasteiger partial charge in [-0.15, -0.1) is 0 Å². The second-order valence-corrected chi connectivity index (χ2v) is 9.53. The number of alkyl halides is 2. The highest BCUT2D eigenvalue weighted by atomic mass is 19.3. The average Bonchev–Trinajstić information content (AvgIpc) is 3.65. The summed E-state index contributed by atoms with van der Waals surface area (Å²) in [5.74, 6) is 1.53. The first-order valence-electron chi connectivity index (χ1n) is 13.0. The van der Waals surface area contributed by atoms with Crippen molar-refractivity contribution in [3.05, 3.63) is 108 Å². The van der Waals surface area contributed by atoms with Crippen LogP contribution in [0.5, 0.6) is 28.7 Å².